The lowest BCUT2D eigenvalue weighted by molar-refractivity contribution is -0.384. The zero-order chi connectivity index (χ0) is 13.1. The minimum atomic E-state index is -0.649. The Bertz CT molecular complexity index is 592. The Morgan fingerprint density at radius 2 is 2.11 bits per heavy atom. The molecule has 2 heterocycles. The highest BCUT2D eigenvalue weighted by Crippen LogP contribution is 2.30. The van der Waals surface area contributed by atoms with Gasteiger partial charge in [-0.1, -0.05) is 11.6 Å². The molecule has 0 bridgehead atoms. The third-order valence-electron chi connectivity index (χ3n) is 1.93. The van der Waals surface area contributed by atoms with Crippen molar-refractivity contribution in [3.8, 4) is 0 Å². The van der Waals surface area contributed by atoms with E-state index in [1.165, 1.54) is 0 Å². The largest absolute Gasteiger partial charge is 0.348 e. The van der Waals surface area contributed by atoms with Crippen molar-refractivity contribution in [1.82, 2.24) is 15.0 Å². The molecule has 0 unspecified atom stereocenters. The van der Waals surface area contributed by atoms with Gasteiger partial charge in [0, 0.05) is 10.7 Å². The van der Waals surface area contributed by atoms with Gasteiger partial charge in [-0.25, -0.2) is 15.0 Å². The zero-order valence-electron chi connectivity index (χ0n) is 8.67. The molecule has 2 aromatic rings. The lowest BCUT2D eigenvalue weighted by atomic mass is 10.4. The number of rotatable bonds is 3. The zero-order valence-corrected chi connectivity index (χ0v) is 11.0. The number of nitro groups is 1. The molecule has 0 aliphatic carbocycles. The van der Waals surface area contributed by atoms with Crippen LogP contribution in [-0.4, -0.2) is 19.9 Å². The molecule has 0 aromatic carbocycles. The van der Waals surface area contributed by atoms with E-state index in [0.29, 0.717) is 5.82 Å². The summed E-state index contributed by atoms with van der Waals surface area (Å²) < 4.78 is 0.795. The lowest BCUT2D eigenvalue weighted by Gasteiger charge is -2.05. The second kappa shape index (κ2) is 5.23. The topological polar surface area (TPSA) is 93.8 Å². The third-order valence-corrected chi connectivity index (χ3v) is 2.68. The molecule has 0 saturated carbocycles. The number of nitrogens with zero attached hydrogens (tertiary/aromatic N) is 4. The monoisotopic (exact) mass is 329 g/mol. The Hall–Kier alpha value is -1.80. The van der Waals surface area contributed by atoms with Crippen LogP contribution in [-0.2, 0) is 0 Å². The van der Waals surface area contributed by atoms with E-state index in [-0.39, 0.29) is 16.7 Å². The highest BCUT2D eigenvalue weighted by Gasteiger charge is 2.21. The van der Waals surface area contributed by atoms with E-state index in [9.17, 15) is 10.1 Å². The van der Waals surface area contributed by atoms with Gasteiger partial charge in [-0.15, -0.1) is 0 Å². The first-order valence-corrected chi connectivity index (χ1v) is 5.78. The van der Waals surface area contributed by atoms with Gasteiger partial charge in [-0.3, -0.25) is 10.1 Å². The van der Waals surface area contributed by atoms with Crippen molar-refractivity contribution < 1.29 is 4.92 Å². The van der Waals surface area contributed by atoms with Gasteiger partial charge in [0.15, 0.2) is 0 Å². The molecule has 0 aliphatic rings. The maximum absolute atomic E-state index is 10.9. The van der Waals surface area contributed by atoms with Crippen LogP contribution in [0.3, 0.4) is 0 Å². The molecule has 0 radical (unpaired) electrons. The molecule has 9 heteroatoms. The van der Waals surface area contributed by atoms with Gasteiger partial charge in [-0.2, -0.15) is 0 Å². The molecule has 1 N–H and O–H groups in total. The maximum Gasteiger partial charge on any atom is 0.348 e. The van der Waals surface area contributed by atoms with Crippen molar-refractivity contribution in [2.75, 3.05) is 5.32 Å². The van der Waals surface area contributed by atoms with Gasteiger partial charge >= 0.3 is 5.69 Å². The number of halogens is 2. The maximum atomic E-state index is 10.9. The fourth-order valence-corrected chi connectivity index (χ4v) is 1.62. The van der Waals surface area contributed by atoms with E-state index in [1.54, 1.807) is 18.3 Å². The third kappa shape index (κ3) is 2.71. The van der Waals surface area contributed by atoms with Crippen LogP contribution >= 0.6 is 27.5 Å². The molecular weight excluding hydrogens is 325 g/mol. The minimum Gasteiger partial charge on any atom is -0.319 e. The first kappa shape index (κ1) is 12.7. The molecule has 0 spiro atoms. The average molecular weight is 331 g/mol. The van der Waals surface area contributed by atoms with Crippen LogP contribution in [0, 0.1) is 10.1 Å². The Labute approximate surface area is 115 Å². The summed E-state index contributed by atoms with van der Waals surface area (Å²) in [5, 5.41) is 13.3. The molecule has 2 aromatic heterocycles. The van der Waals surface area contributed by atoms with Crippen LogP contribution < -0.4 is 5.32 Å². The molecule has 2 rings (SSSR count). The number of aromatic nitrogens is 3. The fourth-order valence-electron chi connectivity index (χ4n) is 1.18. The SMILES string of the molecule is O=[N+]([O-])c1c(Cl)ncnc1Nc1ccc(Br)cn1. The molecule has 0 fully saturated rings. The van der Waals surface area contributed by atoms with Crippen LogP contribution in [0.4, 0.5) is 17.3 Å². The standard InChI is InChI=1S/C9H5BrClN5O2/c10-5-1-2-6(12-3-5)15-9-7(16(17)18)8(11)13-4-14-9/h1-4H,(H,12,13,14,15). The summed E-state index contributed by atoms with van der Waals surface area (Å²) in [7, 11) is 0. The first-order chi connectivity index (χ1) is 8.58. The minimum absolute atomic E-state index is 0.00479. The van der Waals surface area contributed by atoms with Crippen molar-refractivity contribution in [3.63, 3.8) is 0 Å². The van der Waals surface area contributed by atoms with Gasteiger partial charge in [0.1, 0.15) is 12.1 Å². The predicted molar refractivity (Wildman–Crippen MR) is 68.9 cm³/mol. The predicted octanol–water partition coefficient (Wildman–Crippen LogP) is 2.94. The van der Waals surface area contributed by atoms with Crippen LogP contribution in [0.1, 0.15) is 0 Å². The fraction of sp³-hybridized carbons (Fsp3) is 0. The molecular formula is C9H5BrClN5O2. The lowest BCUT2D eigenvalue weighted by Crippen LogP contribution is -2.02. The highest BCUT2D eigenvalue weighted by atomic mass is 79.9. The van der Waals surface area contributed by atoms with Crippen LogP contribution in [0.25, 0.3) is 0 Å². The molecule has 18 heavy (non-hydrogen) atoms. The van der Waals surface area contributed by atoms with E-state index >= 15 is 0 Å². The molecule has 0 amide bonds. The number of hydrogen-bond donors (Lipinski definition) is 1. The Kier molecular flexibility index (Phi) is 3.68. The van der Waals surface area contributed by atoms with Crippen molar-refractivity contribution in [2.24, 2.45) is 0 Å². The van der Waals surface area contributed by atoms with E-state index in [2.05, 4.69) is 36.2 Å². The Balaban J connectivity index is 2.37. The Morgan fingerprint density at radius 3 is 2.72 bits per heavy atom. The van der Waals surface area contributed by atoms with Crippen molar-refractivity contribution in [2.45, 2.75) is 0 Å². The smallest absolute Gasteiger partial charge is 0.319 e. The first-order valence-electron chi connectivity index (χ1n) is 4.61. The van der Waals surface area contributed by atoms with E-state index in [0.717, 1.165) is 10.8 Å². The summed E-state index contributed by atoms with van der Waals surface area (Å²) in [5.74, 6) is 0.408. The number of nitrogens with one attached hydrogen (secondary N) is 1. The highest BCUT2D eigenvalue weighted by molar-refractivity contribution is 9.10. The average Bonchev–Trinajstić information content (AvgIpc) is 2.32. The summed E-state index contributed by atoms with van der Waals surface area (Å²) >= 11 is 8.89. The van der Waals surface area contributed by atoms with Crippen LogP contribution in [0.15, 0.2) is 29.1 Å². The van der Waals surface area contributed by atoms with E-state index in [4.69, 9.17) is 11.6 Å². The summed E-state index contributed by atoms with van der Waals surface area (Å²) in [6.07, 6.45) is 2.69. The van der Waals surface area contributed by atoms with E-state index < -0.39 is 4.92 Å². The normalized spacial score (nSPS) is 10.1. The summed E-state index contributed by atoms with van der Waals surface area (Å²) in [6, 6.07) is 3.38. The van der Waals surface area contributed by atoms with Gasteiger partial charge in [0.05, 0.1) is 4.92 Å². The molecule has 0 atom stereocenters. The number of anilines is 2. The van der Waals surface area contributed by atoms with Crippen molar-refractivity contribution in [1.29, 1.82) is 0 Å². The molecule has 0 saturated heterocycles. The van der Waals surface area contributed by atoms with Gasteiger partial charge in [0.2, 0.25) is 11.0 Å². The van der Waals surface area contributed by atoms with Crippen LogP contribution in [0.2, 0.25) is 5.15 Å². The molecule has 0 aliphatic heterocycles. The van der Waals surface area contributed by atoms with Crippen molar-refractivity contribution >= 4 is 44.9 Å². The molecule has 92 valence electrons. The summed E-state index contributed by atoms with van der Waals surface area (Å²) in [5.41, 5.74) is -0.385. The van der Waals surface area contributed by atoms with Crippen molar-refractivity contribution in [3.05, 3.63) is 44.4 Å². The van der Waals surface area contributed by atoms with E-state index in [1.807, 2.05) is 0 Å². The second-order valence-corrected chi connectivity index (χ2v) is 4.38. The second-order valence-electron chi connectivity index (χ2n) is 3.11. The van der Waals surface area contributed by atoms with Gasteiger partial charge in [-0.05, 0) is 28.1 Å². The summed E-state index contributed by atoms with van der Waals surface area (Å²) in [4.78, 5) is 21.6. The quantitative estimate of drug-likeness (QED) is 0.528. The van der Waals surface area contributed by atoms with Gasteiger partial charge < -0.3 is 5.32 Å². The molecule has 7 nitrogen and oxygen atoms in total. The van der Waals surface area contributed by atoms with Gasteiger partial charge in [0.25, 0.3) is 0 Å². The Morgan fingerprint density at radius 1 is 1.33 bits per heavy atom. The number of hydrogen-bond acceptors (Lipinski definition) is 6. The van der Waals surface area contributed by atoms with Crippen LogP contribution in [0.5, 0.6) is 0 Å². The summed E-state index contributed by atoms with van der Waals surface area (Å²) in [6.45, 7) is 0. The number of pyridine rings is 1.